The minimum Gasteiger partial charge on any atom is -0.487 e. The second kappa shape index (κ2) is 9.08. The number of pyridine rings is 1. The molecule has 0 atom stereocenters. The number of rotatable bonds is 7. The molecule has 8 heteroatoms. The Morgan fingerprint density at radius 2 is 2.03 bits per heavy atom. The first-order valence-electron chi connectivity index (χ1n) is 9.65. The molecule has 0 fully saturated rings. The van der Waals surface area contributed by atoms with E-state index in [-0.39, 0.29) is 11.7 Å². The van der Waals surface area contributed by atoms with Crippen LogP contribution in [-0.4, -0.2) is 21.0 Å². The summed E-state index contributed by atoms with van der Waals surface area (Å²) >= 11 is 0. The lowest BCUT2D eigenvalue weighted by Crippen LogP contribution is -2.23. The first-order chi connectivity index (χ1) is 15.1. The van der Waals surface area contributed by atoms with Gasteiger partial charge in [0.15, 0.2) is 5.82 Å². The summed E-state index contributed by atoms with van der Waals surface area (Å²) in [6.07, 6.45) is 1.72. The van der Waals surface area contributed by atoms with E-state index < -0.39 is 5.76 Å². The van der Waals surface area contributed by atoms with Crippen LogP contribution in [-0.2, 0) is 13.2 Å². The maximum atomic E-state index is 12.8. The Balaban J connectivity index is 1.41. The molecule has 2 N–H and O–H groups in total. The lowest BCUT2D eigenvalue weighted by Gasteiger charge is -2.11. The van der Waals surface area contributed by atoms with Crippen LogP contribution in [0, 0.1) is 6.92 Å². The van der Waals surface area contributed by atoms with Gasteiger partial charge in [0.25, 0.3) is 5.91 Å². The zero-order chi connectivity index (χ0) is 21.6. The topological polar surface area (TPSA) is 110 Å². The number of nitrogens with one attached hydrogen (secondary N) is 2. The standard InChI is InChI=1S/C23H20N4O4/c1-15-8-9-17(21-26-23(29)31-27-21)12-20(15)22(28)25-13-16-5-4-7-19(11-16)30-14-18-6-2-3-10-24-18/h2-12H,13-14H2,1H3,(H,25,28)(H,26,27,29). The average Bonchev–Trinajstić information content (AvgIpc) is 3.23. The van der Waals surface area contributed by atoms with Gasteiger partial charge in [-0.05, 0) is 48.4 Å². The molecule has 0 spiro atoms. The maximum absolute atomic E-state index is 12.8. The number of aromatic nitrogens is 3. The molecule has 2 aromatic carbocycles. The van der Waals surface area contributed by atoms with Crippen molar-refractivity contribution in [3.63, 3.8) is 0 Å². The predicted molar refractivity (Wildman–Crippen MR) is 113 cm³/mol. The quantitative estimate of drug-likeness (QED) is 0.479. The van der Waals surface area contributed by atoms with E-state index in [0.29, 0.717) is 30.0 Å². The molecule has 156 valence electrons. The number of aryl methyl sites for hydroxylation is 1. The molecule has 0 aliphatic carbocycles. The van der Waals surface area contributed by atoms with Crippen molar-refractivity contribution in [2.24, 2.45) is 0 Å². The number of nitrogens with zero attached hydrogens (tertiary/aromatic N) is 2. The van der Waals surface area contributed by atoms with E-state index in [4.69, 9.17) is 4.74 Å². The third-order valence-electron chi connectivity index (χ3n) is 4.66. The van der Waals surface area contributed by atoms with Crippen molar-refractivity contribution in [2.75, 3.05) is 0 Å². The highest BCUT2D eigenvalue weighted by Crippen LogP contribution is 2.19. The van der Waals surface area contributed by atoms with Gasteiger partial charge in [0.05, 0.1) is 5.69 Å². The van der Waals surface area contributed by atoms with Gasteiger partial charge in [-0.2, -0.15) is 0 Å². The number of amides is 1. The van der Waals surface area contributed by atoms with Crippen molar-refractivity contribution < 1.29 is 14.1 Å². The first-order valence-corrected chi connectivity index (χ1v) is 9.65. The van der Waals surface area contributed by atoms with Crippen LogP contribution in [0.1, 0.15) is 27.2 Å². The van der Waals surface area contributed by atoms with Crippen molar-refractivity contribution >= 4 is 5.91 Å². The Hall–Kier alpha value is -4.20. The third kappa shape index (κ3) is 5.05. The fraction of sp³-hybridized carbons (Fsp3) is 0.130. The minimum absolute atomic E-state index is 0.231. The fourth-order valence-electron chi connectivity index (χ4n) is 3.03. The normalized spacial score (nSPS) is 10.6. The van der Waals surface area contributed by atoms with E-state index in [0.717, 1.165) is 16.8 Å². The number of carbonyl (C=O) groups is 1. The van der Waals surface area contributed by atoms with Gasteiger partial charge >= 0.3 is 5.76 Å². The van der Waals surface area contributed by atoms with Crippen molar-refractivity contribution in [3.8, 4) is 17.1 Å². The summed E-state index contributed by atoms with van der Waals surface area (Å²) in [5.74, 6) is 0.0964. The summed E-state index contributed by atoms with van der Waals surface area (Å²) in [7, 11) is 0. The molecule has 31 heavy (non-hydrogen) atoms. The highest BCUT2D eigenvalue weighted by molar-refractivity contribution is 5.96. The van der Waals surface area contributed by atoms with Gasteiger partial charge in [0.2, 0.25) is 0 Å². The van der Waals surface area contributed by atoms with Gasteiger partial charge < -0.3 is 10.1 Å². The number of carbonyl (C=O) groups excluding carboxylic acids is 1. The fourth-order valence-corrected chi connectivity index (χ4v) is 3.03. The van der Waals surface area contributed by atoms with E-state index in [1.165, 1.54) is 0 Å². The summed E-state index contributed by atoms with van der Waals surface area (Å²) in [4.78, 5) is 30.7. The Morgan fingerprint density at radius 3 is 2.81 bits per heavy atom. The summed E-state index contributed by atoms with van der Waals surface area (Å²) in [5, 5.41) is 6.58. The molecule has 0 aliphatic rings. The molecule has 4 aromatic rings. The number of benzene rings is 2. The van der Waals surface area contributed by atoms with Crippen molar-refractivity contribution in [2.45, 2.75) is 20.1 Å². The Kier molecular flexibility index (Phi) is 5.89. The van der Waals surface area contributed by atoms with Crippen LogP contribution in [0.3, 0.4) is 0 Å². The molecule has 2 aromatic heterocycles. The number of hydrogen-bond acceptors (Lipinski definition) is 6. The van der Waals surface area contributed by atoms with Crippen LogP contribution in [0.5, 0.6) is 5.75 Å². The first kappa shape index (κ1) is 20.1. The second-order valence-corrected chi connectivity index (χ2v) is 6.91. The molecule has 2 heterocycles. The lowest BCUT2D eigenvalue weighted by atomic mass is 10.0. The van der Waals surface area contributed by atoms with Crippen molar-refractivity contribution in [3.05, 3.63) is 99.8 Å². The molecule has 0 saturated carbocycles. The van der Waals surface area contributed by atoms with E-state index in [9.17, 15) is 9.59 Å². The van der Waals surface area contributed by atoms with Crippen LogP contribution < -0.4 is 15.8 Å². The van der Waals surface area contributed by atoms with E-state index in [1.54, 1.807) is 24.4 Å². The third-order valence-corrected chi connectivity index (χ3v) is 4.66. The van der Waals surface area contributed by atoms with E-state index >= 15 is 0 Å². The molecule has 4 rings (SSSR count). The second-order valence-electron chi connectivity index (χ2n) is 6.91. The van der Waals surface area contributed by atoms with Gasteiger partial charge in [-0.3, -0.25) is 19.3 Å². The Bertz CT molecular complexity index is 1250. The lowest BCUT2D eigenvalue weighted by molar-refractivity contribution is 0.0950. The Labute approximate surface area is 177 Å². The van der Waals surface area contributed by atoms with Gasteiger partial charge in [0, 0.05) is 23.9 Å². The molecular weight excluding hydrogens is 396 g/mol. The van der Waals surface area contributed by atoms with Crippen molar-refractivity contribution in [1.82, 2.24) is 20.4 Å². The smallest absolute Gasteiger partial charge is 0.439 e. The monoisotopic (exact) mass is 416 g/mol. The van der Waals surface area contributed by atoms with Gasteiger partial charge in [-0.25, -0.2) is 4.79 Å². The van der Waals surface area contributed by atoms with Gasteiger partial charge in [0.1, 0.15) is 12.4 Å². The van der Waals surface area contributed by atoms with Crippen LogP contribution in [0.25, 0.3) is 11.4 Å². The molecule has 1 amide bonds. The maximum Gasteiger partial charge on any atom is 0.439 e. The average molecular weight is 416 g/mol. The van der Waals surface area contributed by atoms with Gasteiger partial charge in [-0.15, -0.1) is 0 Å². The highest BCUT2D eigenvalue weighted by atomic mass is 16.5. The van der Waals surface area contributed by atoms with Crippen LogP contribution in [0.15, 0.2) is 76.2 Å². The molecule has 0 saturated heterocycles. The van der Waals surface area contributed by atoms with Gasteiger partial charge in [-0.1, -0.05) is 35.5 Å². The summed E-state index contributed by atoms with van der Waals surface area (Å²) in [6.45, 7) is 2.55. The van der Waals surface area contributed by atoms with Crippen LogP contribution in [0.2, 0.25) is 0 Å². The molecule has 0 unspecified atom stereocenters. The van der Waals surface area contributed by atoms with E-state index in [1.807, 2.05) is 49.4 Å². The molecule has 0 radical (unpaired) electrons. The van der Waals surface area contributed by atoms with Crippen LogP contribution in [0.4, 0.5) is 0 Å². The predicted octanol–water partition coefficient (Wildman–Crippen LogP) is 3.24. The zero-order valence-corrected chi connectivity index (χ0v) is 16.8. The van der Waals surface area contributed by atoms with Crippen LogP contribution >= 0.6 is 0 Å². The summed E-state index contributed by atoms with van der Waals surface area (Å²) < 4.78 is 10.3. The molecular formula is C23H20N4O4. The zero-order valence-electron chi connectivity index (χ0n) is 16.8. The Morgan fingerprint density at radius 1 is 1.13 bits per heavy atom. The van der Waals surface area contributed by atoms with E-state index in [2.05, 4.69) is 25.0 Å². The summed E-state index contributed by atoms with van der Waals surface area (Å²) in [5.41, 5.74) is 3.63. The minimum atomic E-state index is -0.647. The number of hydrogen-bond donors (Lipinski definition) is 2. The molecule has 0 bridgehead atoms. The number of ether oxygens (including phenoxy) is 1. The number of aromatic amines is 1. The highest BCUT2D eigenvalue weighted by Gasteiger charge is 2.13. The SMILES string of the molecule is Cc1ccc(-c2noc(=O)[nH]2)cc1C(=O)NCc1cccc(OCc2ccccn2)c1. The van der Waals surface area contributed by atoms with Crippen molar-refractivity contribution in [1.29, 1.82) is 0 Å². The molecule has 8 nitrogen and oxygen atoms in total. The molecule has 0 aliphatic heterocycles. The summed E-state index contributed by atoms with van der Waals surface area (Å²) in [6, 6.07) is 18.4. The number of H-pyrrole nitrogens is 1. The largest absolute Gasteiger partial charge is 0.487 e.